The molecular weight excluding hydrogens is 595 g/mol. The van der Waals surface area contributed by atoms with Gasteiger partial charge in [-0.2, -0.15) is 4.98 Å². The van der Waals surface area contributed by atoms with Crippen molar-refractivity contribution in [1.82, 2.24) is 19.9 Å². The Morgan fingerprint density at radius 1 is 1.02 bits per heavy atom. The van der Waals surface area contributed by atoms with Gasteiger partial charge in [-0.1, -0.05) is 0 Å². The van der Waals surface area contributed by atoms with Crippen molar-refractivity contribution in [2.45, 2.75) is 26.3 Å². The van der Waals surface area contributed by atoms with Gasteiger partial charge in [0, 0.05) is 30.3 Å². The number of methoxy groups -OCH3 is 1. The zero-order valence-electron chi connectivity index (χ0n) is 23.0. The number of hydrogen-bond donors (Lipinski definition) is 3. The molecule has 11 nitrogen and oxygen atoms in total. The van der Waals surface area contributed by atoms with Crippen LogP contribution in [0.5, 0.6) is 5.75 Å². The molecule has 4 aromatic rings. The Labute approximate surface area is 240 Å². The molecule has 208 valence electrons. The van der Waals surface area contributed by atoms with Gasteiger partial charge in [-0.25, -0.2) is 9.98 Å². The highest BCUT2D eigenvalue weighted by molar-refractivity contribution is 9.10. The Kier molecular flexibility index (Phi) is 7.41. The monoisotopic (exact) mass is 624 g/mol. The van der Waals surface area contributed by atoms with E-state index in [1.54, 1.807) is 39.0 Å². The molecule has 0 bridgehead atoms. The lowest BCUT2D eigenvalue weighted by atomic mass is 10.1. The molecule has 2 aromatic heterocycles. The first-order valence-electron chi connectivity index (χ1n) is 12.5. The third-order valence-electron chi connectivity index (χ3n) is 6.15. The van der Waals surface area contributed by atoms with Gasteiger partial charge in [-0.05, 0) is 73.8 Å². The number of rotatable bonds is 7. The second kappa shape index (κ2) is 10.7. The summed E-state index contributed by atoms with van der Waals surface area (Å²) in [4.78, 5) is 22.5. The average Bonchev–Trinajstić information content (AvgIpc) is 3.24. The molecule has 13 heteroatoms. The first-order chi connectivity index (χ1) is 18.9. The first kappa shape index (κ1) is 27.8. The van der Waals surface area contributed by atoms with Gasteiger partial charge < -0.3 is 30.0 Å². The Bertz CT molecular complexity index is 1690. The van der Waals surface area contributed by atoms with Crippen LogP contribution in [-0.2, 0) is 9.30 Å². The van der Waals surface area contributed by atoms with Crippen molar-refractivity contribution in [3.63, 3.8) is 0 Å². The maximum absolute atomic E-state index is 13.3. The number of aryl methyl sites for hydroxylation is 1. The van der Waals surface area contributed by atoms with Crippen LogP contribution in [0.4, 0.5) is 28.8 Å². The molecule has 0 radical (unpaired) electrons. The van der Waals surface area contributed by atoms with Crippen LogP contribution in [0.2, 0.25) is 0 Å². The van der Waals surface area contributed by atoms with Crippen molar-refractivity contribution in [2.75, 3.05) is 43.0 Å². The highest BCUT2D eigenvalue weighted by Crippen LogP contribution is 2.41. The van der Waals surface area contributed by atoms with Crippen LogP contribution in [0, 0.1) is 6.92 Å². The number of anilines is 5. The summed E-state index contributed by atoms with van der Waals surface area (Å²) < 4.78 is 25.3. The number of nitrogens with one attached hydrogen (secondary N) is 3. The summed E-state index contributed by atoms with van der Waals surface area (Å²) in [6.07, 6.45) is 4.85. The summed E-state index contributed by atoms with van der Waals surface area (Å²) in [6, 6.07) is 7.96. The first-order valence-corrected chi connectivity index (χ1v) is 15.9. The van der Waals surface area contributed by atoms with E-state index in [-0.39, 0.29) is 5.54 Å². The molecule has 0 unspecified atom stereocenters. The van der Waals surface area contributed by atoms with Gasteiger partial charge in [-0.15, -0.1) is 0 Å². The normalized spacial score (nSPS) is 14.4. The summed E-state index contributed by atoms with van der Waals surface area (Å²) in [5, 5.41) is 10.4. The van der Waals surface area contributed by atoms with E-state index in [1.165, 1.54) is 0 Å². The minimum atomic E-state index is -2.74. The Hall–Kier alpha value is -3.76. The molecule has 3 N–H and O–H groups in total. The quantitative estimate of drug-likeness (QED) is 0.216. The number of benzene rings is 2. The van der Waals surface area contributed by atoms with Crippen molar-refractivity contribution >= 4 is 74.3 Å². The van der Waals surface area contributed by atoms with Crippen molar-refractivity contribution in [2.24, 2.45) is 4.99 Å². The number of ether oxygens (including phenoxy) is 2. The highest BCUT2D eigenvalue weighted by Gasteiger charge is 2.27. The highest BCUT2D eigenvalue weighted by atomic mass is 79.9. The summed E-state index contributed by atoms with van der Waals surface area (Å²) in [5.74, 6) is 1.41. The van der Waals surface area contributed by atoms with Crippen LogP contribution >= 0.6 is 23.1 Å². The second-order valence-corrected chi connectivity index (χ2v) is 14.4. The minimum absolute atomic E-state index is 0.265. The molecule has 0 aliphatic carbocycles. The van der Waals surface area contributed by atoms with E-state index >= 15 is 0 Å². The zero-order valence-corrected chi connectivity index (χ0v) is 25.5. The van der Waals surface area contributed by atoms with E-state index in [0.29, 0.717) is 62.3 Å². The maximum Gasteiger partial charge on any atom is 0.289 e. The van der Waals surface area contributed by atoms with Crippen molar-refractivity contribution in [3.05, 3.63) is 52.9 Å². The number of aliphatic imine (C=N–C) groups is 1. The third-order valence-corrected chi connectivity index (χ3v) is 8.26. The fraction of sp³-hybridized carbons (Fsp3) is 0.296. The maximum atomic E-state index is 13.3. The molecule has 0 spiro atoms. The van der Waals surface area contributed by atoms with Crippen LogP contribution in [0.1, 0.15) is 19.4 Å². The van der Waals surface area contributed by atoms with E-state index in [1.807, 2.05) is 45.0 Å². The average molecular weight is 625 g/mol. The second-order valence-electron chi connectivity index (χ2n) is 10.4. The van der Waals surface area contributed by atoms with Gasteiger partial charge in [0.1, 0.15) is 30.8 Å². The van der Waals surface area contributed by atoms with Crippen LogP contribution in [-0.4, -0.2) is 58.5 Å². The topological polar surface area (TPSA) is 136 Å². The molecule has 0 amide bonds. The van der Waals surface area contributed by atoms with Gasteiger partial charge in [0.25, 0.3) is 6.02 Å². The van der Waals surface area contributed by atoms with Gasteiger partial charge in [0.05, 0.1) is 39.3 Å². The van der Waals surface area contributed by atoms with Crippen molar-refractivity contribution in [3.8, 4) is 5.75 Å². The predicted octanol–water partition coefficient (Wildman–Crippen LogP) is 5.81. The van der Waals surface area contributed by atoms with Gasteiger partial charge >= 0.3 is 0 Å². The van der Waals surface area contributed by atoms with Gasteiger partial charge in [0.2, 0.25) is 5.95 Å². The molecule has 40 heavy (non-hydrogen) atoms. The molecule has 0 fully saturated rings. The van der Waals surface area contributed by atoms with Crippen molar-refractivity contribution in [1.29, 1.82) is 0 Å². The number of nitrogens with zero attached hydrogens (tertiary/aromatic N) is 5. The van der Waals surface area contributed by atoms with E-state index < -0.39 is 7.14 Å². The smallest absolute Gasteiger partial charge is 0.289 e. The Balaban J connectivity index is 1.44. The molecule has 1 aliphatic rings. The SMILES string of the molecule is COc1cc(NC2=NC(C)(C)CO2)c(C)cc1Nc1ncc(Br)c(Nc2ccc3nccnc3c2P(C)(C)=O)n1. The van der Waals surface area contributed by atoms with E-state index in [9.17, 15) is 4.57 Å². The van der Waals surface area contributed by atoms with Crippen LogP contribution in [0.25, 0.3) is 11.0 Å². The lowest BCUT2D eigenvalue weighted by molar-refractivity contribution is 0.278. The lowest BCUT2D eigenvalue weighted by Crippen LogP contribution is -2.17. The van der Waals surface area contributed by atoms with Crippen LogP contribution in [0.15, 0.2) is 52.3 Å². The Morgan fingerprint density at radius 3 is 2.50 bits per heavy atom. The summed E-state index contributed by atoms with van der Waals surface area (Å²) in [5.41, 5.74) is 4.07. The molecule has 0 atom stereocenters. The Morgan fingerprint density at radius 2 is 1.80 bits per heavy atom. The number of amidine groups is 1. The van der Waals surface area contributed by atoms with Crippen molar-refractivity contribution < 1.29 is 14.0 Å². The molecular formula is C27H30BrN8O3P. The standard InChI is InChI=1S/C27H30BrN8O3P/c1-15-11-20(21(38-4)12-19(15)34-26-36-27(2,3)14-39-26)33-25-31-13-16(28)24(35-25)32-18-8-7-17-22(30-10-9-29-17)23(18)40(5,6)37/h7-13H,14H2,1-6H3,(H,34,36)(H2,31,32,33,35). The van der Waals surface area contributed by atoms with Gasteiger partial charge in [-0.3, -0.25) is 9.97 Å². The van der Waals surface area contributed by atoms with E-state index in [4.69, 9.17) is 9.47 Å². The van der Waals surface area contributed by atoms with Crippen LogP contribution in [0.3, 0.4) is 0 Å². The van der Waals surface area contributed by atoms with Gasteiger partial charge in [0.15, 0.2) is 0 Å². The number of halogens is 1. The van der Waals surface area contributed by atoms with E-state index in [2.05, 4.69) is 56.8 Å². The third kappa shape index (κ3) is 5.88. The summed E-state index contributed by atoms with van der Waals surface area (Å²) in [7, 11) is -1.14. The fourth-order valence-electron chi connectivity index (χ4n) is 4.28. The summed E-state index contributed by atoms with van der Waals surface area (Å²) in [6.45, 7) is 9.95. The molecule has 5 rings (SSSR count). The molecule has 0 saturated carbocycles. The molecule has 0 saturated heterocycles. The molecule has 2 aromatic carbocycles. The minimum Gasteiger partial charge on any atom is -0.494 e. The molecule has 1 aliphatic heterocycles. The lowest BCUT2D eigenvalue weighted by Gasteiger charge is -2.18. The molecule has 3 heterocycles. The summed E-state index contributed by atoms with van der Waals surface area (Å²) >= 11 is 3.53. The largest absolute Gasteiger partial charge is 0.494 e. The number of hydrogen-bond acceptors (Lipinski definition) is 11. The predicted molar refractivity (Wildman–Crippen MR) is 164 cm³/mol. The van der Waals surface area contributed by atoms with Crippen LogP contribution < -0.4 is 26.0 Å². The number of aromatic nitrogens is 4. The zero-order chi connectivity index (χ0) is 28.7. The number of fused-ring (bicyclic) bond motifs is 1. The van der Waals surface area contributed by atoms with E-state index in [0.717, 1.165) is 11.3 Å². The fourth-order valence-corrected chi connectivity index (χ4v) is 5.97.